The number of hydrogen-bond donors (Lipinski definition) is 3. The highest BCUT2D eigenvalue weighted by Crippen LogP contribution is 2.21. The van der Waals surface area contributed by atoms with Crippen molar-refractivity contribution in [1.29, 1.82) is 0 Å². The van der Waals surface area contributed by atoms with E-state index >= 15 is 0 Å². The molecule has 0 aromatic heterocycles. The van der Waals surface area contributed by atoms with Gasteiger partial charge in [-0.3, -0.25) is 4.79 Å². The number of hydrogen-bond acceptors (Lipinski definition) is 4. The van der Waals surface area contributed by atoms with Crippen molar-refractivity contribution in [2.75, 3.05) is 6.54 Å². The Bertz CT molecular complexity index is 825. The fourth-order valence-corrected chi connectivity index (χ4v) is 2.85. The maximum absolute atomic E-state index is 11.9. The summed E-state index contributed by atoms with van der Waals surface area (Å²) in [7, 11) is -3.88. The van der Waals surface area contributed by atoms with E-state index in [4.69, 9.17) is 10.2 Å². The Hall–Kier alpha value is -2.71. The predicted molar refractivity (Wildman–Crippen MR) is 81.7 cm³/mol. The van der Waals surface area contributed by atoms with Crippen LogP contribution in [0.2, 0.25) is 0 Å². The molecule has 2 rings (SSSR count). The Morgan fingerprint density at radius 2 is 1.35 bits per heavy atom. The summed E-state index contributed by atoms with van der Waals surface area (Å²) in [6, 6.07) is 12.0. The number of nitrogens with one attached hydrogen (secondary N) is 1. The standard InChI is InChI=1S/C15H13NO6S/c17-14(18)9-16-23(21,22)13-7-5-11(6-8-13)10-1-3-12(4-2-10)15(19)20/h1-8,16H,9H2,(H,17,18)(H,19,20). The molecule has 0 saturated carbocycles. The average molecular weight is 335 g/mol. The van der Waals surface area contributed by atoms with Gasteiger partial charge >= 0.3 is 11.9 Å². The second-order valence-corrected chi connectivity index (χ2v) is 6.39. The quantitative estimate of drug-likeness (QED) is 0.734. The monoisotopic (exact) mass is 335 g/mol. The molecule has 23 heavy (non-hydrogen) atoms. The van der Waals surface area contributed by atoms with Crippen LogP contribution in [0.3, 0.4) is 0 Å². The Morgan fingerprint density at radius 3 is 1.78 bits per heavy atom. The van der Waals surface area contributed by atoms with Crippen molar-refractivity contribution in [3.8, 4) is 11.1 Å². The third-order valence-corrected chi connectivity index (χ3v) is 4.46. The number of aromatic carboxylic acids is 1. The van der Waals surface area contributed by atoms with E-state index in [0.717, 1.165) is 5.56 Å². The smallest absolute Gasteiger partial charge is 0.335 e. The lowest BCUT2D eigenvalue weighted by atomic mass is 10.0. The van der Waals surface area contributed by atoms with Crippen LogP contribution < -0.4 is 4.72 Å². The summed E-state index contributed by atoms with van der Waals surface area (Å²) < 4.78 is 25.7. The Morgan fingerprint density at radius 1 is 0.870 bits per heavy atom. The van der Waals surface area contributed by atoms with Gasteiger partial charge in [-0.1, -0.05) is 24.3 Å². The zero-order chi connectivity index (χ0) is 17.0. The van der Waals surface area contributed by atoms with Crippen LogP contribution in [0.1, 0.15) is 10.4 Å². The molecule has 7 nitrogen and oxygen atoms in total. The van der Waals surface area contributed by atoms with Crippen molar-refractivity contribution in [3.05, 3.63) is 54.1 Å². The second kappa shape index (κ2) is 6.59. The summed E-state index contributed by atoms with van der Waals surface area (Å²) in [5, 5.41) is 17.4. The molecule has 0 radical (unpaired) electrons. The van der Waals surface area contributed by atoms with Gasteiger partial charge in [-0.25, -0.2) is 13.2 Å². The Kier molecular flexibility index (Phi) is 4.77. The lowest BCUT2D eigenvalue weighted by Gasteiger charge is -2.07. The summed E-state index contributed by atoms with van der Waals surface area (Å²) in [5.74, 6) is -2.30. The zero-order valence-corrected chi connectivity index (χ0v) is 12.6. The minimum Gasteiger partial charge on any atom is -0.480 e. The molecule has 0 aliphatic heterocycles. The van der Waals surface area contributed by atoms with Crippen molar-refractivity contribution in [3.63, 3.8) is 0 Å². The van der Waals surface area contributed by atoms with E-state index in [2.05, 4.69) is 0 Å². The summed E-state index contributed by atoms with van der Waals surface area (Å²) in [6.45, 7) is -0.694. The van der Waals surface area contributed by atoms with E-state index in [0.29, 0.717) is 5.56 Å². The highest BCUT2D eigenvalue weighted by atomic mass is 32.2. The molecule has 8 heteroatoms. The molecule has 0 unspecified atom stereocenters. The summed E-state index contributed by atoms with van der Waals surface area (Å²) in [4.78, 5) is 21.2. The van der Waals surface area contributed by atoms with Gasteiger partial charge in [0.2, 0.25) is 10.0 Å². The molecule has 0 fully saturated rings. The number of rotatable bonds is 6. The minimum absolute atomic E-state index is 0.0512. The number of carboxylic acids is 2. The molecule has 0 spiro atoms. The first kappa shape index (κ1) is 16.7. The molecule has 2 aromatic rings. The highest BCUT2D eigenvalue weighted by molar-refractivity contribution is 7.89. The van der Waals surface area contributed by atoms with Crippen LogP contribution in [0, 0.1) is 0 Å². The molecule has 0 aliphatic carbocycles. The predicted octanol–water partition coefficient (Wildman–Crippen LogP) is 1.41. The normalized spacial score (nSPS) is 11.1. The van der Waals surface area contributed by atoms with E-state index in [9.17, 15) is 18.0 Å². The number of carboxylic acid groups (broad SMARTS) is 2. The van der Waals surface area contributed by atoms with Gasteiger partial charge in [-0.2, -0.15) is 4.72 Å². The topological polar surface area (TPSA) is 121 Å². The van der Waals surface area contributed by atoms with Crippen LogP contribution in [0.25, 0.3) is 11.1 Å². The van der Waals surface area contributed by atoms with Crippen LogP contribution in [0.15, 0.2) is 53.4 Å². The van der Waals surface area contributed by atoms with Gasteiger partial charge in [0.25, 0.3) is 0 Å². The van der Waals surface area contributed by atoms with Crippen LogP contribution >= 0.6 is 0 Å². The van der Waals surface area contributed by atoms with Gasteiger partial charge in [0.05, 0.1) is 10.5 Å². The number of benzene rings is 2. The van der Waals surface area contributed by atoms with E-state index < -0.39 is 28.5 Å². The molecule has 0 bridgehead atoms. The fraction of sp³-hybridized carbons (Fsp3) is 0.0667. The second-order valence-electron chi connectivity index (χ2n) is 4.63. The maximum atomic E-state index is 11.9. The molecule has 0 saturated heterocycles. The average Bonchev–Trinajstić information content (AvgIpc) is 2.53. The van der Waals surface area contributed by atoms with Crippen molar-refractivity contribution in [1.82, 2.24) is 4.72 Å². The molecule has 3 N–H and O–H groups in total. The highest BCUT2D eigenvalue weighted by Gasteiger charge is 2.15. The first-order valence-corrected chi connectivity index (χ1v) is 7.93. The molecule has 0 amide bonds. The number of aliphatic carboxylic acids is 1. The van der Waals surface area contributed by atoms with Crippen LogP contribution in [-0.2, 0) is 14.8 Å². The molecule has 0 aliphatic rings. The van der Waals surface area contributed by atoms with Crippen molar-refractivity contribution >= 4 is 22.0 Å². The maximum Gasteiger partial charge on any atom is 0.335 e. The Balaban J connectivity index is 2.22. The van der Waals surface area contributed by atoms with Gasteiger partial charge in [0.15, 0.2) is 0 Å². The molecule has 0 heterocycles. The van der Waals surface area contributed by atoms with Crippen LogP contribution in [0.4, 0.5) is 0 Å². The SMILES string of the molecule is O=C(O)CNS(=O)(=O)c1ccc(-c2ccc(C(=O)O)cc2)cc1. The molecule has 0 atom stereocenters. The molecular formula is C15H13NO6S. The van der Waals surface area contributed by atoms with Crippen LogP contribution in [-0.4, -0.2) is 37.1 Å². The molecular weight excluding hydrogens is 322 g/mol. The van der Waals surface area contributed by atoms with Crippen molar-refractivity contribution in [2.24, 2.45) is 0 Å². The van der Waals surface area contributed by atoms with E-state index in [1.807, 2.05) is 4.72 Å². The first-order chi connectivity index (χ1) is 10.8. The zero-order valence-electron chi connectivity index (χ0n) is 11.8. The number of sulfonamides is 1. The van der Waals surface area contributed by atoms with Gasteiger partial charge < -0.3 is 10.2 Å². The first-order valence-electron chi connectivity index (χ1n) is 6.45. The van der Waals surface area contributed by atoms with E-state index in [-0.39, 0.29) is 10.5 Å². The lowest BCUT2D eigenvalue weighted by molar-refractivity contribution is -0.135. The Labute approximate surface area is 132 Å². The summed E-state index contributed by atoms with van der Waals surface area (Å²) in [6.07, 6.45) is 0. The van der Waals surface area contributed by atoms with Gasteiger partial charge in [-0.15, -0.1) is 0 Å². The lowest BCUT2D eigenvalue weighted by Crippen LogP contribution is -2.29. The largest absolute Gasteiger partial charge is 0.480 e. The fourth-order valence-electron chi connectivity index (χ4n) is 1.87. The van der Waals surface area contributed by atoms with Gasteiger partial charge in [0, 0.05) is 0 Å². The third-order valence-electron chi connectivity index (χ3n) is 3.04. The van der Waals surface area contributed by atoms with Crippen LogP contribution in [0.5, 0.6) is 0 Å². The van der Waals surface area contributed by atoms with Crippen molar-refractivity contribution < 1.29 is 28.2 Å². The van der Waals surface area contributed by atoms with Crippen molar-refractivity contribution in [2.45, 2.75) is 4.90 Å². The van der Waals surface area contributed by atoms with Gasteiger partial charge in [-0.05, 0) is 35.4 Å². The molecule has 120 valence electrons. The minimum atomic E-state index is -3.88. The summed E-state index contributed by atoms with van der Waals surface area (Å²) in [5.41, 5.74) is 1.60. The number of carbonyl (C=O) groups is 2. The molecule has 2 aromatic carbocycles. The van der Waals surface area contributed by atoms with E-state index in [1.54, 1.807) is 24.3 Å². The third kappa shape index (κ3) is 4.15. The summed E-state index contributed by atoms with van der Waals surface area (Å²) >= 11 is 0. The van der Waals surface area contributed by atoms with Gasteiger partial charge in [0.1, 0.15) is 6.54 Å². The van der Waals surface area contributed by atoms with E-state index in [1.165, 1.54) is 24.3 Å².